The van der Waals surface area contributed by atoms with Crippen LogP contribution in [0.1, 0.15) is 18.1 Å². The van der Waals surface area contributed by atoms with E-state index >= 15 is 0 Å². The first-order valence-electron chi connectivity index (χ1n) is 12.1. The van der Waals surface area contributed by atoms with Crippen LogP contribution < -0.4 is 20.1 Å². The highest BCUT2D eigenvalue weighted by Crippen LogP contribution is 2.44. The lowest BCUT2D eigenvalue weighted by molar-refractivity contribution is -0.274. The van der Waals surface area contributed by atoms with Gasteiger partial charge in [0, 0.05) is 23.3 Å². The minimum Gasteiger partial charge on any atom is -0.486 e. The molecule has 3 aromatic carbocycles. The number of benzene rings is 3. The van der Waals surface area contributed by atoms with Crippen LogP contribution in [0.2, 0.25) is 5.02 Å². The summed E-state index contributed by atoms with van der Waals surface area (Å²) >= 11 is 13.1. The van der Waals surface area contributed by atoms with Gasteiger partial charge in [0.1, 0.15) is 30.3 Å². The maximum Gasteiger partial charge on any atom is 0.573 e. The number of hydrogen-bond donors (Lipinski definition) is 2. The number of amides is 2. The van der Waals surface area contributed by atoms with Crippen LogP contribution in [0.25, 0.3) is 5.76 Å². The number of nitrogens with zero attached hydrogens (tertiary/aromatic N) is 1. The van der Waals surface area contributed by atoms with Crippen molar-refractivity contribution in [2.75, 3.05) is 18.9 Å². The van der Waals surface area contributed by atoms with Gasteiger partial charge in [-0.25, -0.2) is 4.79 Å². The van der Waals surface area contributed by atoms with E-state index in [-0.39, 0.29) is 18.1 Å². The van der Waals surface area contributed by atoms with Gasteiger partial charge in [0.15, 0.2) is 10.8 Å². The zero-order valence-corrected chi connectivity index (χ0v) is 23.2. The van der Waals surface area contributed by atoms with Gasteiger partial charge in [-0.2, -0.15) is 0 Å². The van der Waals surface area contributed by atoms with E-state index in [0.717, 1.165) is 29.8 Å². The van der Waals surface area contributed by atoms with Crippen LogP contribution >= 0.6 is 23.2 Å². The summed E-state index contributed by atoms with van der Waals surface area (Å²) in [6.07, 6.45) is -5.85. The molecule has 1 aliphatic rings. The Morgan fingerprint density at radius 2 is 1.68 bits per heavy atom. The van der Waals surface area contributed by atoms with Crippen molar-refractivity contribution < 1.29 is 37.0 Å². The first-order valence-corrected chi connectivity index (χ1v) is 12.8. The number of nitrogens with one attached hydrogen (secondary N) is 2. The summed E-state index contributed by atoms with van der Waals surface area (Å²) < 4.78 is 52.0. The monoisotopic (exact) mass is 609 g/mol. The highest BCUT2D eigenvalue weighted by atomic mass is 35.5. The first kappa shape index (κ1) is 29.9. The Kier molecular flexibility index (Phi) is 8.89. The summed E-state index contributed by atoms with van der Waals surface area (Å²) in [6.45, 7) is 1.35. The van der Waals surface area contributed by atoms with Gasteiger partial charge in [-0.05, 0) is 55.0 Å². The molecule has 1 heterocycles. The van der Waals surface area contributed by atoms with Gasteiger partial charge in [0.2, 0.25) is 5.91 Å². The van der Waals surface area contributed by atoms with Crippen molar-refractivity contribution in [3.8, 4) is 11.5 Å². The zero-order chi connectivity index (χ0) is 29.8. The van der Waals surface area contributed by atoms with Gasteiger partial charge >= 0.3 is 12.5 Å². The van der Waals surface area contributed by atoms with Gasteiger partial charge in [-0.15, -0.1) is 13.2 Å². The van der Waals surface area contributed by atoms with Crippen LogP contribution in [0, 0.1) is 0 Å². The molecule has 4 rings (SSSR count). The number of ether oxygens (including phenoxy) is 3. The Morgan fingerprint density at radius 1 is 1.02 bits per heavy atom. The number of hydrogen-bond acceptors (Lipinski definition) is 6. The maximum absolute atomic E-state index is 13.2. The van der Waals surface area contributed by atoms with E-state index < -0.39 is 35.7 Å². The van der Waals surface area contributed by atoms with E-state index in [9.17, 15) is 22.8 Å². The van der Waals surface area contributed by atoms with Crippen molar-refractivity contribution in [3.63, 3.8) is 0 Å². The lowest BCUT2D eigenvalue weighted by Gasteiger charge is -2.39. The second-order valence-electron chi connectivity index (χ2n) is 8.98. The van der Waals surface area contributed by atoms with Crippen molar-refractivity contribution in [1.82, 2.24) is 10.2 Å². The molecule has 2 amide bonds. The summed E-state index contributed by atoms with van der Waals surface area (Å²) in [5.74, 6) is -0.780. The van der Waals surface area contributed by atoms with Crippen LogP contribution in [0.15, 0.2) is 78.5 Å². The smallest absolute Gasteiger partial charge is 0.486 e. The van der Waals surface area contributed by atoms with Gasteiger partial charge in [-0.1, -0.05) is 53.5 Å². The Morgan fingerprint density at radius 3 is 2.34 bits per heavy atom. The lowest BCUT2D eigenvalue weighted by Crippen LogP contribution is -2.47. The summed E-state index contributed by atoms with van der Waals surface area (Å²) in [7, 11) is 1.48. The average Bonchev–Trinajstić information content (AvgIpc) is 2.90. The van der Waals surface area contributed by atoms with Crippen LogP contribution in [-0.4, -0.2) is 41.9 Å². The molecule has 0 spiro atoms. The third kappa shape index (κ3) is 7.77. The van der Waals surface area contributed by atoms with Crippen LogP contribution in [0.4, 0.5) is 23.7 Å². The Balaban J connectivity index is 1.50. The number of halogens is 5. The molecule has 41 heavy (non-hydrogen) atoms. The minimum absolute atomic E-state index is 0.0598. The summed E-state index contributed by atoms with van der Waals surface area (Å²) in [5, 5.41) is 5.94. The van der Waals surface area contributed by atoms with Crippen molar-refractivity contribution in [3.05, 3.63) is 94.6 Å². The molecule has 0 saturated heterocycles. The second-order valence-corrected chi connectivity index (χ2v) is 10.2. The molecule has 0 bridgehead atoms. The summed E-state index contributed by atoms with van der Waals surface area (Å²) in [6, 6.07) is 18.7. The van der Waals surface area contributed by atoms with Gasteiger partial charge < -0.3 is 29.7 Å². The van der Waals surface area contributed by atoms with Crippen molar-refractivity contribution in [2.24, 2.45) is 0 Å². The number of alkyl halides is 4. The largest absolute Gasteiger partial charge is 0.573 e. The molecule has 13 heteroatoms. The molecule has 0 saturated carbocycles. The Bertz CT molecular complexity index is 1450. The highest BCUT2D eigenvalue weighted by Gasteiger charge is 2.40. The third-order valence-electron chi connectivity index (χ3n) is 5.84. The Labute approximate surface area is 243 Å². The average molecular weight is 610 g/mol. The SMILES string of the molecule is CN(C(=O)CNC(=O)Oc1ccc(OC(F)(F)F)cc1)C1=C(OCc2ccccc2)c2cc(Cl)ccc2NC1(C)Cl. The summed E-state index contributed by atoms with van der Waals surface area (Å²) in [4.78, 5) is 25.4. The van der Waals surface area contributed by atoms with Gasteiger partial charge in [0.05, 0.1) is 0 Å². The molecule has 0 aromatic heterocycles. The lowest BCUT2D eigenvalue weighted by atomic mass is 9.99. The number of carbonyl (C=O) groups excluding carboxylic acids is 2. The number of fused-ring (bicyclic) bond motifs is 1. The summed E-state index contributed by atoms with van der Waals surface area (Å²) in [5.41, 5.74) is 2.40. The molecule has 0 aliphatic carbocycles. The van der Waals surface area contributed by atoms with Gasteiger partial charge in [-0.3, -0.25) is 4.79 Å². The molecule has 3 aromatic rings. The molecule has 2 N–H and O–H groups in total. The molecular weight excluding hydrogens is 586 g/mol. The first-order chi connectivity index (χ1) is 19.3. The minimum atomic E-state index is -4.85. The molecule has 216 valence electrons. The van der Waals surface area contributed by atoms with E-state index in [1.807, 2.05) is 30.3 Å². The van der Waals surface area contributed by atoms with E-state index in [4.69, 9.17) is 32.7 Å². The molecule has 8 nitrogen and oxygen atoms in total. The second kappa shape index (κ2) is 12.2. The standard InChI is InChI=1S/C28H24Cl2F3N3O5/c1-27(30)25(24(39-16-17-6-4-3-5-7-17)21-14-18(29)8-13-22(21)35-27)36(2)23(37)15-34-26(38)40-19-9-11-20(12-10-19)41-28(31,32)33/h3-14,35H,15-16H2,1-2H3,(H,34,38). The van der Waals surface area contributed by atoms with Crippen molar-refractivity contribution in [1.29, 1.82) is 0 Å². The van der Waals surface area contributed by atoms with Crippen LogP contribution in [0.5, 0.6) is 11.5 Å². The van der Waals surface area contributed by atoms with Crippen LogP contribution in [0.3, 0.4) is 0 Å². The number of carbonyl (C=O) groups is 2. The predicted molar refractivity (Wildman–Crippen MR) is 147 cm³/mol. The molecule has 1 atom stereocenters. The van der Waals surface area contributed by atoms with Crippen molar-refractivity contribution >= 4 is 46.6 Å². The quantitative estimate of drug-likeness (QED) is 0.217. The topological polar surface area (TPSA) is 89.1 Å². The fraction of sp³-hybridized carbons (Fsp3) is 0.214. The van der Waals surface area contributed by atoms with E-state index in [0.29, 0.717) is 22.0 Å². The zero-order valence-electron chi connectivity index (χ0n) is 21.7. The predicted octanol–water partition coefficient (Wildman–Crippen LogP) is 6.75. The molecular formula is C28H24Cl2F3N3O5. The molecule has 0 fully saturated rings. The fourth-order valence-electron chi connectivity index (χ4n) is 4.05. The number of likely N-dealkylation sites (N-methyl/N-ethyl adjacent to an activating group) is 1. The van der Waals surface area contributed by atoms with Gasteiger partial charge in [0.25, 0.3) is 0 Å². The fourth-order valence-corrected chi connectivity index (χ4v) is 4.54. The maximum atomic E-state index is 13.2. The molecule has 1 unspecified atom stereocenters. The number of rotatable bonds is 8. The third-order valence-corrected chi connectivity index (χ3v) is 6.35. The number of anilines is 1. The Hall–Kier alpha value is -4.09. The molecule has 1 aliphatic heterocycles. The van der Waals surface area contributed by atoms with E-state index in [2.05, 4.69) is 15.4 Å². The van der Waals surface area contributed by atoms with Crippen molar-refractivity contribution in [2.45, 2.75) is 24.9 Å². The highest BCUT2D eigenvalue weighted by molar-refractivity contribution is 6.31. The van der Waals surface area contributed by atoms with E-state index in [1.54, 1.807) is 25.1 Å². The van der Waals surface area contributed by atoms with Crippen LogP contribution in [-0.2, 0) is 16.1 Å². The molecule has 0 radical (unpaired) electrons. The normalized spacial score (nSPS) is 16.3. The van der Waals surface area contributed by atoms with E-state index in [1.165, 1.54) is 11.9 Å².